The van der Waals surface area contributed by atoms with Crippen LogP contribution in [0.2, 0.25) is 0 Å². The van der Waals surface area contributed by atoms with Gasteiger partial charge >= 0.3 is 0 Å². The molecule has 0 bridgehead atoms. The zero-order valence-electron chi connectivity index (χ0n) is 9.52. The third kappa shape index (κ3) is 3.17. The van der Waals surface area contributed by atoms with Crippen molar-refractivity contribution in [2.24, 2.45) is 0 Å². The topological polar surface area (TPSA) is 29.1 Å². The van der Waals surface area contributed by atoms with Crippen molar-refractivity contribution < 1.29 is 4.79 Å². The monoisotopic (exact) mass is 195 g/mol. The molecular weight excluding hydrogens is 174 g/mol. The second kappa shape index (κ2) is 5.18. The summed E-state index contributed by atoms with van der Waals surface area (Å²) in [4.78, 5) is 11.1. The zero-order valence-corrected chi connectivity index (χ0v) is 9.52. The molecular formula is C12H21NO. The van der Waals surface area contributed by atoms with Gasteiger partial charge in [-0.3, -0.25) is 4.79 Å². The Morgan fingerprint density at radius 3 is 2.14 bits per heavy atom. The van der Waals surface area contributed by atoms with E-state index in [1.807, 2.05) is 13.8 Å². The summed E-state index contributed by atoms with van der Waals surface area (Å²) in [5.41, 5.74) is 1.93. The summed E-state index contributed by atoms with van der Waals surface area (Å²) < 4.78 is 0. The van der Waals surface area contributed by atoms with Crippen LogP contribution in [0.5, 0.6) is 0 Å². The zero-order chi connectivity index (χ0) is 10.6. The quantitative estimate of drug-likeness (QED) is 0.702. The van der Waals surface area contributed by atoms with E-state index in [0.29, 0.717) is 6.04 Å². The van der Waals surface area contributed by atoms with Crippen LogP contribution in [0.3, 0.4) is 0 Å². The molecule has 0 spiro atoms. The lowest BCUT2D eigenvalue weighted by molar-refractivity contribution is -0.113. The molecule has 0 aromatic heterocycles. The Morgan fingerprint density at radius 2 is 1.64 bits per heavy atom. The van der Waals surface area contributed by atoms with Gasteiger partial charge in [0.15, 0.2) is 5.78 Å². The molecule has 1 fully saturated rings. The van der Waals surface area contributed by atoms with Crippen LogP contribution in [0, 0.1) is 0 Å². The van der Waals surface area contributed by atoms with Crippen LogP contribution in [0.1, 0.15) is 52.9 Å². The predicted molar refractivity (Wildman–Crippen MR) is 59.1 cm³/mol. The minimum absolute atomic E-state index is 0.172. The van der Waals surface area contributed by atoms with Gasteiger partial charge in [0.25, 0.3) is 0 Å². The van der Waals surface area contributed by atoms with Gasteiger partial charge in [0, 0.05) is 17.3 Å². The summed E-state index contributed by atoms with van der Waals surface area (Å²) in [6.45, 7) is 5.53. The number of carbonyl (C=O) groups is 1. The highest BCUT2D eigenvalue weighted by atomic mass is 16.1. The molecule has 1 N–H and O–H groups in total. The van der Waals surface area contributed by atoms with Gasteiger partial charge in [0.2, 0.25) is 0 Å². The molecule has 0 heterocycles. The van der Waals surface area contributed by atoms with Gasteiger partial charge in [-0.15, -0.1) is 0 Å². The molecule has 0 unspecified atom stereocenters. The maximum atomic E-state index is 11.1. The Hall–Kier alpha value is -0.790. The molecule has 2 heteroatoms. The normalized spacial score (nSPS) is 20.2. The highest BCUT2D eigenvalue weighted by Gasteiger charge is 2.13. The van der Waals surface area contributed by atoms with Crippen molar-refractivity contribution in [2.45, 2.75) is 58.9 Å². The Kier molecular flexibility index (Phi) is 4.18. The van der Waals surface area contributed by atoms with Gasteiger partial charge in [-0.2, -0.15) is 0 Å². The summed E-state index contributed by atoms with van der Waals surface area (Å²) >= 11 is 0. The van der Waals surface area contributed by atoms with E-state index in [4.69, 9.17) is 0 Å². The largest absolute Gasteiger partial charge is 0.386 e. The van der Waals surface area contributed by atoms with Crippen LogP contribution >= 0.6 is 0 Å². The highest BCUT2D eigenvalue weighted by molar-refractivity contribution is 5.93. The van der Waals surface area contributed by atoms with Gasteiger partial charge in [-0.1, -0.05) is 19.3 Å². The van der Waals surface area contributed by atoms with E-state index in [9.17, 15) is 4.79 Å². The molecule has 0 aliphatic heterocycles. The maximum Gasteiger partial charge on any atom is 0.157 e. The lowest BCUT2D eigenvalue weighted by atomic mass is 9.95. The molecule has 0 atom stereocenters. The third-order valence-electron chi connectivity index (χ3n) is 3.12. The van der Waals surface area contributed by atoms with Crippen LogP contribution in [0.25, 0.3) is 0 Å². The van der Waals surface area contributed by atoms with Crippen LogP contribution in [0.15, 0.2) is 11.3 Å². The number of nitrogens with one attached hydrogen (secondary N) is 1. The minimum Gasteiger partial charge on any atom is -0.386 e. The van der Waals surface area contributed by atoms with Gasteiger partial charge in [0.1, 0.15) is 0 Å². The van der Waals surface area contributed by atoms with E-state index < -0.39 is 0 Å². The van der Waals surface area contributed by atoms with Crippen LogP contribution < -0.4 is 5.32 Å². The number of Topliss-reactive ketones (excluding diaryl/α,β-unsaturated/α-hetero) is 1. The van der Waals surface area contributed by atoms with Gasteiger partial charge in [0.05, 0.1) is 0 Å². The lowest BCUT2D eigenvalue weighted by Gasteiger charge is -2.24. The molecule has 14 heavy (non-hydrogen) atoms. The van der Waals surface area contributed by atoms with E-state index in [-0.39, 0.29) is 5.78 Å². The van der Waals surface area contributed by atoms with Crippen LogP contribution in [-0.4, -0.2) is 11.8 Å². The molecule has 0 aromatic carbocycles. The Labute approximate surface area is 86.8 Å². The highest BCUT2D eigenvalue weighted by Crippen LogP contribution is 2.18. The summed E-state index contributed by atoms with van der Waals surface area (Å²) in [6.07, 6.45) is 6.52. The molecule has 1 aliphatic rings. The number of allylic oxidation sites excluding steroid dienone is 2. The molecule has 1 saturated carbocycles. The SMILES string of the molecule is CC(=O)C(C)=C(C)NC1CCCCC1. The van der Waals surface area contributed by atoms with Crippen molar-refractivity contribution in [1.29, 1.82) is 0 Å². The summed E-state index contributed by atoms with van der Waals surface area (Å²) in [5, 5.41) is 3.46. The smallest absolute Gasteiger partial charge is 0.157 e. The van der Waals surface area contributed by atoms with E-state index in [0.717, 1.165) is 11.3 Å². The molecule has 0 radical (unpaired) electrons. The predicted octanol–water partition coefficient (Wildman–Crippen LogP) is 2.79. The molecule has 0 aromatic rings. The Morgan fingerprint density at radius 1 is 1.07 bits per heavy atom. The molecule has 2 nitrogen and oxygen atoms in total. The first-order chi connectivity index (χ1) is 6.61. The standard InChI is InChI=1S/C12H21NO/c1-9(11(3)14)10(2)13-12-7-5-4-6-8-12/h12-13H,4-8H2,1-3H3. The van der Waals surface area contributed by atoms with E-state index in [1.165, 1.54) is 32.1 Å². The molecule has 0 saturated heterocycles. The lowest BCUT2D eigenvalue weighted by Crippen LogP contribution is -2.30. The van der Waals surface area contributed by atoms with Crippen molar-refractivity contribution in [3.8, 4) is 0 Å². The third-order valence-corrected chi connectivity index (χ3v) is 3.12. The van der Waals surface area contributed by atoms with Crippen molar-refractivity contribution in [3.05, 3.63) is 11.3 Å². The van der Waals surface area contributed by atoms with Gasteiger partial charge in [-0.05, 0) is 33.6 Å². The Bertz CT molecular complexity index is 237. The first-order valence-corrected chi connectivity index (χ1v) is 5.56. The minimum atomic E-state index is 0.172. The van der Waals surface area contributed by atoms with E-state index >= 15 is 0 Å². The molecule has 80 valence electrons. The number of hydrogen-bond donors (Lipinski definition) is 1. The van der Waals surface area contributed by atoms with Gasteiger partial charge < -0.3 is 5.32 Å². The Balaban J connectivity index is 2.49. The molecule has 1 aliphatic carbocycles. The number of hydrogen-bond acceptors (Lipinski definition) is 2. The summed E-state index contributed by atoms with van der Waals surface area (Å²) in [6, 6.07) is 0.595. The summed E-state index contributed by atoms with van der Waals surface area (Å²) in [5.74, 6) is 0.172. The van der Waals surface area contributed by atoms with Crippen molar-refractivity contribution in [1.82, 2.24) is 5.32 Å². The summed E-state index contributed by atoms with van der Waals surface area (Å²) in [7, 11) is 0. The van der Waals surface area contributed by atoms with Crippen molar-refractivity contribution in [3.63, 3.8) is 0 Å². The van der Waals surface area contributed by atoms with Crippen molar-refractivity contribution >= 4 is 5.78 Å². The average Bonchev–Trinajstić information content (AvgIpc) is 2.18. The fourth-order valence-electron chi connectivity index (χ4n) is 1.93. The fraction of sp³-hybridized carbons (Fsp3) is 0.750. The van der Waals surface area contributed by atoms with E-state index in [1.54, 1.807) is 6.92 Å². The first-order valence-electron chi connectivity index (χ1n) is 5.56. The molecule has 1 rings (SSSR count). The number of ketones is 1. The first kappa shape index (κ1) is 11.3. The van der Waals surface area contributed by atoms with Crippen LogP contribution in [0.4, 0.5) is 0 Å². The maximum absolute atomic E-state index is 11.1. The second-order valence-corrected chi connectivity index (χ2v) is 4.29. The van der Waals surface area contributed by atoms with Crippen molar-refractivity contribution in [2.75, 3.05) is 0 Å². The number of carbonyl (C=O) groups excluding carboxylic acids is 1. The van der Waals surface area contributed by atoms with Crippen LogP contribution in [-0.2, 0) is 4.79 Å². The fourth-order valence-corrected chi connectivity index (χ4v) is 1.93. The molecule has 0 amide bonds. The van der Waals surface area contributed by atoms with Gasteiger partial charge in [-0.25, -0.2) is 0 Å². The number of rotatable bonds is 3. The van der Waals surface area contributed by atoms with E-state index in [2.05, 4.69) is 5.32 Å². The second-order valence-electron chi connectivity index (χ2n) is 4.29. The average molecular weight is 195 g/mol.